The molecule has 4 atom stereocenters. The number of aliphatic hydroxyl groups is 1. The number of nitrogens with zero attached hydrogens (tertiary/aromatic N) is 3. The summed E-state index contributed by atoms with van der Waals surface area (Å²) >= 11 is 1.57. The lowest BCUT2D eigenvalue weighted by atomic mass is 9.77. The fraction of sp³-hybridized carbons (Fsp3) is 0.682. The zero-order valence-electron chi connectivity index (χ0n) is 17.5. The molecule has 1 aromatic carbocycles. The zero-order chi connectivity index (χ0) is 20.4. The molecule has 2 saturated heterocycles. The molecule has 1 saturated carbocycles. The highest BCUT2D eigenvalue weighted by molar-refractivity contribution is 8.00. The van der Waals surface area contributed by atoms with Gasteiger partial charge in [0.05, 0.1) is 19.0 Å². The molecule has 0 aromatic heterocycles. The lowest BCUT2D eigenvalue weighted by Gasteiger charge is -2.44. The summed E-state index contributed by atoms with van der Waals surface area (Å²) in [6, 6.07) is 8.11. The third kappa shape index (κ3) is 4.90. The Morgan fingerprint density at radius 2 is 1.90 bits per heavy atom. The fourth-order valence-electron chi connectivity index (χ4n) is 5.08. The molecule has 2 heterocycles. The van der Waals surface area contributed by atoms with E-state index < -0.39 is 0 Å². The normalized spacial score (nSPS) is 30.9. The number of benzene rings is 1. The summed E-state index contributed by atoms with van der Waals surface area (Å²) in [5, 5.41) is 10.8. The summed E-state index contributed by atoms with van der Waals surface area (Å²) in [4.78, 5) is 20.7. The Morgan fingerprint density at radius 1 is 1.17 bits per heavy atom. The number of methoxy groups -OCH3 is 1. The summed E-state index contributed by atoms with van der Waals surface area (Å²) in [6.07, 6.45) is 1.58. The summed E-state index contributed by atoms with van der Waals surface area (Å²) in [6.45, 7) is 5.87. The van der Waals surface area contributed by atoms with Crippen molar-refractivity contribution in [3.05, 3.63) is 24.3 Å². The largest absolute Gasteiger partial charge is 0.497 e. The third-order valence-corrected chi connectivity index (χ3v) is 7.85. The standard InChI is InChI=1S/C22H33N3O3S/c1-23-6-8-24(9-7-23)20-10-16-13-25(14-17(16)11-21(20)26)22(27)15-29-19-5-3-4-18(12-19)28-2/h3-5,12,16-17,20-21,26H,6-11,13-15H2,1-2H3/t16-,17+,20-,21-/m1/s1. The highest BCUT2D eigenvalue weighted by atomic mass is 32.2. The average Bonchev–Trinajstić information content (AvgIpc) is 3.15. The van der Waals surface area contributed by atoms with Gasteiger partial charge in [-0.1, -0.05) is 6.07 Å². The van der Waals surface area contributed by atoms with E-state index in [1.807, 2.05) is 29.2 Å². The minimum atomic E-state index is -0.263. The Morgan fingerprint density at radius 3 is 2.62 bits per heavy atom. The van der Waals surface area contributed by atoms with Gasteiger partial charge in [-0.25, -0.2) is 0 Å². The van der Waals surface area contributed by atoms with Gasteiger partial charge in [0.15, 0.2) is 0 Å². The Kier molecular flexibility index (Phi) is 6.69. The van der Waals surface area contributed by atoms with Crippen LogP contribution in [0.15, 0.2) is 29.2 Å². The Bertz CT molecular complexity index is 710. The number of hydrogen-bond acceptors (Lipinski definition) is 6. The van der Waals surface area contributed by atoms with Gasteiger partial charge < -0.3 is 19.6 Å². The van der Waals surface area contributed by atoms with Crippen LogP contribution in [-0.2, 0) is 4.79 Å². The molecule has 0 spiro atoms. The van der Waals surface area contributed by atoms with Gasteiger partial charge in [0.25, 0.3) is 0 Å². The predicted molar refractivity (Wildman–Crippen MR) is 115 cm³/mol. The van der Waals surface area contributed by atoms with Crippen LogP contribution in [0.3, 0.4) is 0 Å². The molecular weight excluding hydrogens is 386 g/mol. The number of likely N-dealkylation sites (N-methyl/N-ethyl adjacent to an activating group) is 1. The van der Waals surface area contributed by atoms with Gasteiger partial charge in [0.2, 0.25) is 5.91 Å². The number of amides is 1. The van der Waals surface area contributed by atoms with Crippen LogP contribution in [-0.4, -0.2) is 97.0 Å². The zero-order valence-corrected chi connectivity index (χ0v) is 18.3. The number of piperazine rings is 1. The molecule has 160 valence electrons. The van der Waals surface area contributed by atoms with E-state index in [1.54, 1.807) is 18.9 Å². The SMILES string of the molecule is COc1cccc(SCC(=O)N2C[C@H]3C[C@@H](N4CCN(C)CC4)[C@H](O)C[C@H]3C2)c1. The van der Waals surface area contributed by atoms with Crippen LogP contribution in [0, 0.1) is 11.8 Å². The van der Waals surface area contributed by atoms with Gasteiger partial charge in [-0.05, 0) is 49.9 Å². The van der Waals surface area contributed by atoms with Crippen molar-refractivity contribution in [2.45, 2.75) is 29.9 Å². The first kappa shape index (κ1) is 21.0. The number of fused-ring (bicyclic) bond motifs is 1. The molecule has 7 heteroatoms. The summed E-state index contributed by atoms with van der Waals surface area (Å²) in [5.74, 6) is 2.45. The molecule has 4 rings (SSSR count). The molecule has 3 aliphatic rings. The Hall–Kier alpha value is -1.28. The summed E-state index contributed by atoms with van der Waals surface area (Å²) < 4.78 is 5.26. The number of ether oxygens (including phenoxy) is 1. The van der Waals surface area contributed by atoms with Gasteiger partial charge in [-0.3, -0.25) is 9.69 Å². The number of carbonyl (C=O) groups excluding carboxylic acids is 1. The van der Waals surface area contributed by atoms with E-state index in [4.69, 9.17) is 4.74 Å². The van der Waals surface area contributed by atoms with Crippen LogP contribution in [0.5, 0.6) is 5.75 Å². The van der Waals surface area contributed by atoms with E-state index in [1.165, 1.54) is 0 Å². The van der Waals surface area contributed by atoms with Crippen LogP contribution in [0.4, 0.5) is 0 Å². The first-order chi connectivity index (χ1) is 14.0. The Labute approximate surface area is 178 Å². The molecule has 1 aliphatic carbocycles. The molecule has 1 aromatic rings. The number of hydrogen-bond donors (Lipinski definition) is 1. The van der Waals surface area contributed by atoms with Crippen molar-refractivity contribution in [2.75, 3.05) is 59.2 Å². The number of thioether (sulfide) groups is 1. The second-order valence-corrected chi connectivity index (χ2v) is 9.78. The smallest absolute Gasteiger partial charge is 0.232 e. The van der Waals surface area contributed by atoms with E-state index in [9.17, 15) is 9.90 Å². The van der Waals surface area contributed by atoms with Crippen molar-refractivity contribution in [1.29, 1.82) is 0 Å². The van der Waals surface area contributed by atoms with Crippen molar-refractivity contribution in [1.82, 2.24) is 14.7 Å². The topological polar surface area (TPSA) is 56.2 Å². The molecule has 3 fully saturated rings. The van der Waals surface area contributed by atoms with Crippen molar-refractivity contribution < 1.29 is 14.6 Å². The Balaban J connectivity index is 1.30. The highest BCUT2D eigenvalue weighted by Gasteiger charge is 2.44. The lowest BCUT2D eigenvalue weighted by molar-refractivity contribution is -0.127. The quantitative estimate of drug-likeness (QED) is 0.733. The molecule has 2 aliphatic heterocycles. The minimum Gasteiger partial charge on any atom is -0.497 e. The van der Waals surface area contributed by atoms with Crippen molar-refractivity contribution in [3.8, 4) is 5.75 Å². The maximum absolute atomic E-state index is 12.8. The maximum Gasteiger partial charge on any atom is 0.232 e. The number of carbonyl (C=O) groups is 1. The number of aliphatic hydroxyl groups excluding tert-OH is 1. The van der Waals surface area contributed by atoms with E-state index >= 15 is 0 Å². The predicted octanol–water partition coefficient (Wildman–Crippen LogP) is 1.63. The molecular formula is C22H33N3O3S. The van der Waals surface area contributed by atoms with Crippen molar-refractivity contribution >= 4 is 17.7 Å². The summed E-state index contributed by atoms with van der Waals surface area (Å²) in [5.41, 5.74) is 0. The molecule has 1 amide bonds. The first-order valence-corrected chi connectivity index (χ1v) is 11.7. The van der Waals surface area contributed by atoms with Crippen LogP contribution < -0.4 is 4.74 Å². The average molecular weight is 420 g/mol. The number of rotatable bonds is 5. The third-order valence-electron chi connectivity index (χ3n) is 6.87. The minimum absolute atomic E-state index is 0.206. The van der Waals surface area contributed by atoms with Gasteiger partial charge in [-0.2, -0.15) is 0 Å². The molecule has 0 radical (unpaired) electrons. The lowest BCUT2D eigenvalue weighted by Crippen LogP contribution is -2.55. The second-order valence-electron chi connectivity index (χ2n) is 8.73. The van der Waals surface area contributed by atoms with Crippen LogP contribution in [0.1, 0.15) is 12.8 Å². The first-order valence-electron chi connectivity index (χ1n) is 10.7. The molecule has 6 nitrogen and oxygen atoms in total. The maximum atomic E-state index is 12.8. The molecule has 0 bridgehead atoms. The van der Waals surface area contributed by atoms with E-state index in [-0.39, 0.29) is 18.1 Å². The van der Waals surface area contributed by atoms with Crippen molar-refractivity contribution in [2.24, 2.45) is 11.8 Å². The van der Waals surface area contributed by atoms with E-state index in [0.717, 1.165) is 62.8 Å². The van der Waals surface area contributed by atoms with Crippen LogP contribution in [0.25, 0.3) is 0 Å². The monoisotopic (exact) mass is 419 g/mol. The second kappa shape index (κ2) is 9.25. The van der Waals surface area contributed by atoms with Gasteiger partial charge in [0.1, 0.15) is 5.75 Å². The highest BCUT2D eigenvalue weighted by Crippen LogP contribution is 2.39. The van der Waals surface area contributed by atoms with E-state index in [2.05, 4.69) is 16.8 Å². The van der Waals surface area contributed by atoms with Crippen LogP contribution in [0.2, 0.25) is 0 Å². The molecule has 1 N–H and O–H groups in total. The van der Waals surface area contributed by atoms with Gasteiger partial charge >= 0.3 is 0 Å². The summed E-state index contributed by atoms with van der Waals surface area (Å²) in [7, 11) is 3.82. The van der Waals surface area contributed by atoms with Crippen molar-refractivity contribution in [3.63, 3.8) is 0 Å². The number of likely N-dealkylation sites (tertiary alicyclic amines) is 1. The molecule has 29 heavy (non-hydrogen) atoms. The van der Waals surface area contributed by atoms with Crippen LogP contribution >= 0.6 is 11.8 Å². The van der Waals surface area contributed by atoms with Gasteiger partial charge in [-0.15, -0.1) is 11.8 Å². The van der Waals surface area contributed by atoms with Gasteiger partial charge in [0, 0.05) is 50.2 Å². The molecule has 0 unspecified atom stereocenters. The fourth-order valence-corrected chi connectivity index (χ4v) is 5.93. The van der Waals surface area contributed by atoms with E-state index in [0.29, 0.717) is 17.6 Å².